The summed E-state index contributed by atoms with van der Waals surface area (Å²) in [5.41, 5.74) is 8.13. The summed E-state index contributed by atoms with van der Waals surface area (Å²) < 4.78 is 15.4. The number of nitrogens with two attached hydrogens (primary N) is 1. The van der Waals surface area contributed by atoms with Crippen LogP contribution in [0, 0.1) is 18.2 Å². The van der Waals surface area contributed by atoms with Crippen molar-refractivity contribution in [2.24, 2.45) is 5.41 Å². The Morgan fingerprint density at radius 3 is 2.35 bits per heavy atom. The molecule has 31 heavy (non-hydrogen) atoms. The highest BCUT2D eigenvalue weighted by Gasteiger charge is 2.22. The van der Waals surface area contributed by atoms with Gasteiger partial charge in [-0.1, -0.05) is 56.1 Å². The maximum atomic E-state index is 15.4. The molecule has 3 aromatic rings. The number of hydrogen-bond donors (Lipinski definition) is 2. The summed E-state index contributed by atoms with van der Waals surface area (Å²) in [6, 6.07) is 10.2. The van der Waals surface area contributed by atoms with Crippen LogP contribution in [-0.4, -0.2) is 15.9 Å². The molecule has 0 aliphatic heterocycles. The number of nitrogen functional groups attached to an aromatic ring is 1. The van der Waals surface area contributed by atoms with Crippen LogP contribution in [-0.2, 0) is 11.3 Å². The summed E-state index contributed by atoms with van der Waals surface area (Å²) in [6.45, 7) is 7.26. The van der Waals surface area contributed by atoms with Crippen LogP contribution in [0.3, 0.4) is 0 Å². The number of amides is 1. The maximum absolute atomic E-state index is 15.4. The molecule has 3 rings (SSSR count). The number of aromatic nitrogens is 2. The summed E-state index contributed by atoms with van der Waals surface area (Å²) in [7, 11) is 0. The second-order valence-electron chi connectivity index (χ2n) is 8.29. The number of aryl methyl sites for hydroxylation is 1. The zero-order valence-corrected chi connectivity index (χ0v) is 19.2. The predicted molar refractivity (Wildman–Crippen MR) is 123 cm³/mol. The standard InChI is InChI=1S/C23H23Cl2FN4O/c1-12-9-13(5-7-15(12)24)17-10-18(30-22(27)29-17)19-16(25)8-6-14(20(19)26)11-28-21(31)23(2,3)4/h5-10H,11H2,1-4H3,(H,28,31)(H2,27,29,30). The molecule has 3 N–H and O–H groups in total. The number of hydrogen-bond acceptors (Lipinski definition) is 4. The van der Waals surface area contributed by atoms with E-state index in [1.807, 2.05) is 13.0 Å². The lowest BCUT2D eigenvalue weighted by molar-refractivity contribution is -0.128. The van der Waals surface area contributed by atoms with Crippen molar-refractivity contribution in [2.75, 3.05) is 5.73 Å². The van der Waals surface area contributed by atoms with E-state index in [0.717, 1.165) is 11.1 Å². The molecule has 0 radical (unpaired) electrons. The monoisotopic (exact) mass is 460 g/mol. The number of anilines is 1. The highest BCUT2D eigenvalue weighted by molar-refractivity contribution is 6.33. The van der Waals surface area contributed by atoms with Crippen LogP contribution in [0.15, 0.2) is 36.4 Å². The number of benzene rings is 2. The largest absolute Gasteiger partial charge is 0.368 e. The summed E-state index contributed by atoms with van der Waals surface area (Å²) in [4.78, 5) is 20.6. The van der Waals surface area contributed by atoms with Crippen molar-refractivity contribution in [1.82, 2.24) is 15.3 Å². The average molecular weight is 461 g/mol. The van der Waals surface area contributed by atoms with Crippen molar-refractivity contribution in [1.29, 1.82) is 0 Å². The van der Waals surface area contributed by atoms with Crippen LogP contribution in [0.4, 0.5) is 10.3 Å². The molecule has 1 amide bonds. The first-order valence-electron chi connectivity index (χ1n) is 9.64. The van der Waals surface area contributed by atoms with E-state index in [1.165, 1.54) is 6.07 Å². The van der Waals surface area contributed by atoms with Crippen molar-refractivity contribution in [3.8, 4) is 22.5 Å². The average Bonchev–Trinajstić information content (AvgIpc) is 2.68. The van der Waals surface area contributed by atoms with Gasteiger partial charge in [0.25, 0.3) is 0 Å². The fraction of sp³-hybridized carbons (Fsp3) is 0.261. The van der Waals surface area contributed by atoms with E-state index in [9.17, 15) is 4.79 Å². The third kappa shape index (κ3) is 5.14. The quantitative estimate of drug-likeness (QED) is 0.514. The molecule has 0 fully saturated rings. The molecular weight excluding hydrogens is 438 g/mol. The molecule has 0 atom stereocenters. The molecule has 2 aromatic carbocycles. The van der Waals surface area contributed by atoms with Gasteiger partial charge in [0.05, 0.1) is 22.0 Å². The van der Waals surface area contributed by atoms with Crippen molar-refractivity contribution < 1.29 is 9.18 Å². The van der Waals surface area contributed by atoms with Crippen molar-refractivity contribution in [3.63, 3.8) is 0 Å². The number of carbonyl (C=O) groups is 1. The predicted octanol–water partition coefficient (Wildman–Crippen LogP) is 5.81. The molecule has 162 valence electrons. The Bertz CT molecular complexity index is 1160. The van der Waals surface area contributed by atoms with Crippen molar-refractivity contribution in [3.05, 3.63) is 63.4 Å². The van der Waals surface area contributed by atoms with Gasteiger partial charge < -0.3 is 11.1 Å². The summed E-state index contributed by atoms with van der Waals surface area (Å²) in [5, 5.41) is 3.56. The molecule has 0 aliphatic carbocycles. The van der Waals surface area contributed by atoms with Gasteiger partial charge in [-0.05, 0) is 36.8 Å². The third-order valence-electron chi connectivity index (χ3n) is 4.74. The number of carbonyl (C=O) groups excluding carboxylic acids is 1. The summed E-state index contributed by atoms with van der Waals surface area (Å²) >= 11 is 12.4. The molecule has 0 saturated heterocycles. The zero-order chi connectivity index (χ0) is 22.9. The Kier molecular flexibility index (Phi) is 6.53. The van der Waals surface area contributed by atoms with E-state index in [4.69, 9.17) is 28.9 Å². The van der Waals surface area contributed by atoms with Gasteiger partial charge in [0.15, 0.2) is 0 Å². The third-order valence-corrected chi connectivity index (χ3v) is 5.48. The van der Waals surface area contributed by atoms with Crippen LogP contribution in [0.5, 0.6) is 0 Å². The Morgan fingerprint density at radius 2 is 1.71 bits per heavy atom. The van der Waals surface area contributed by atoms with Crippen LogP contribution >= 0.6 is 23.2 Å². The second-order valence-corrected chi connectivity index (χ2v) is 9.10. The minimum atomic E-state index is -0.585. The SMILES string of the molecule is Cc1cc(-c2cc(-c3c(Cl)ccc(CNC(=O)C(C)(C)C)c3F)nc(N)n2)ccc1Cl. The van der Waals surface area contributed by atoms with Gasteiger partial charge in [0, 0.05) is 28.1 Å². The van der Waals surface area contributed by atoms with Gasteiger partial charge in [-0.25, -0.2) is 14.4 Å². The van der Waals surface area contributed by atoms with E-state index in [-0.39, 0.29) is 40.2 Å². The van der Waals surface area contributed by atoms with Crippen LogP contribution in [0.1, 0.15) is 31.9 Å². The summed E-state index contributed by atoms with van der Waals surface area (Å²) in [6.07, 6.45) is 0. The lowest BCUT2D eigenvalue weighted by Gasteiger charge is -2.18. The molecular formula is C23H23Cl2FN4O. The van der Waals surface area contributed by atoms with E-state index >= 15 is 4.39 Å². The van der Waals surface area contributed by atoms with Gasteiger partial charge in [0.1, 0.15) is 5.82 Å². The topological polar surface area (TPSA) is 80.9 Å². The van der Waals surface area contributed by atoms with Crippen molar-refractivity contribution >= 4 is 35.1 Å². The number of rotatable bonds is 4. The normalized spacial score (nSPS) is 11.5. The van der Waals surface area contributed by atoms with Gasteiger partial charge in [-0.3, -0.25) is 4.79 Å². The van der Waals surface area contributed by atoms with Crippen LogP contribution < -0.4 is 11.1 Å². The second kappa shape index (κ2) is 8.81. The maximum Gasteiger partial charge on any atom is 0.225 e. The van der Waals surface area contributed by atoms with E-state index in [1.54, 1.807) is 45.0 Å². The highest BCUT2D eigenvalue weighted by Crippen LogP contribution is 2.34. The lowest BCUT2D eigenvalue weighted by Crippen LogP contribution is -2.34. The van der Waals surface area contributed by atoms with Gasteiger partial charge in [-0.2, -0.15) is 0 Å². The van der Waals surface area contributed by atoms with Crippen molar-refractivity contribution in [2.45, 2.75) is 34.2 Å². The summed E-state index contributed by atoms with van der Waals surface area (Å²) in [5.74, 6) is -0.768. The van der Waals surface area contributed by atoms with Gasteiger partial charge in [0.2, 0.25) is 11.9 Å². The molecule has 0 unspecified atom stereocenters. The molecule has 5 nitrogen and oxygen atoms in total. The highest BCUT2D eigenvalue weighted by atomic mass is 35.5. The van der Waals surface area contributed by atoms with Gasteiger partial charge >= 0.3 is 0 Å². The minimum absolute atomic E-state index is 0.0120. The number of nitrogens with one attached hydrogen (secondary N) is 1. The molecule has 0 spiro atoms. The van der Waals surface area contributed by atoms with E-state index in [2.05, 4.69) is 15.3 Å². The first-order valence-corrected chi connectivity index (χ1v) is 10.4. The van der Waals surface area contributed by atoms with Crippen LogP contribution in [0.25, 0.3) is 22.5 Å². The Hall–Kier alpha value is -2.70. The first kappa shape index (κ1) is 23.0. The van der Waals surface area contributed by atoms with Crippen LogP contribution in [0.2, 0.25) is 10.0 Å². The molecule has 0 saturated carbocycles. The number of halogens is 3. The zero-order valence-electron chi connectivity index (χ0n) is 17.7. The smallest absolute Gasteiger partial charge is 0.225 e. The molecule has 8 heteroatoms. The first-order chi connectivity index (χ1) is 14.5. The van der Waals surface area contributed by atoms with E-state index in [0.29, 0.717) is 10.7 Å². The van der Waals surface area contributed by atoms with Gasteiger partial charge in [-0.15, -0.1) is 0 Å². The minimum Gasteiger partial charge on any atom is -0.368 e. The Labute approximate surface area is 190 Å². The molecule has 0 aliphatic rings. The molecule has 0 bridgehead atoms. The molecule has 1 aromatic heterocycles. The lowest BCUT2D eigenvalue weighted by atomic mass is 9.95. The van der Waals surface area contributed by atoms with E-state index < -0.39 is 11.2 Å². The molecule has 1 heterocycles. The fourth-order valence-electron chi connectivity index (χ4n) is 2.95. The number of nitrogens with zero attached hydrogens (tertiary/aromatic N) is 2. The fourth-order valence-corrected chi connectivity index (χ4v) is 3.31. The Morgan fingerprint density at radius 1 is 1.06 bits per heavy atom. The Balaban J connectivity index is 2.03.